The summed E-state index contributed by atoms with van der Waals surface area (Å²) in [6.07, 6.45) is 1.23. The van der Waals surface area contributed by atoms with E-state index in [1.807, 2.05) is 6.07 Å². The first-order chi connectivity index (χ1) is 7.79. The number of rotatable bonds is 2. The Labute approximate surface area is 100 Å². The zero-order valence-corrected chi connectivity index (χ0v) is 10.0. The van der Waals surface area contributed by atoms with Crippen molar-refractivity contribution < 1.29 is 0 Å². The molecule has 0 aliphatic heterocycles. The van der Waals surface area contributed by atoms with Crippen molar-refractivity contribution in [1.82, 2.24) is 4.98 Å². The number of aryl methyl sites for hydroxylation is 1. The molecule has 2 unspecified atom stereocenters. The summed E-state index contributed by atoms with van der Waals surface area (Å²) in [7, 11) is 0. The Bertz CT molecular complexity index is 535. The van der Waals surface area contributed by atoms with Crippen LogP contribution in [0.1, 0.15) is 23.6 Å². The maximum absolute atomic E-state index is 5.92. The van der Waals surface area contributed by atoms with Gasteiger partial charge in [0.1, 0.15) is 0 Å². The highest BCUT2D eigenvalue weighted by Gasteiger charge is 2.38. The highest BCUT2D eigenvalue weighted by atomic mass is 35.5. The minimum Gasteiger partial charge on any atom is -0.253 e. The quantitative estimate of drug-likeness (QED) is 0.715. The third kappa shape index (κ3) is 1.60. The largest absolute Gasteiger partial charge is 0.253 e. The van der Waals surface area contributed by atoms with E-state index in [0.29, 0.717) is 11.8 Å². The third-order valence-electron chi connectivity index (χ3n) is 3.40. The predicted molar refractivity (Wildman–Crippen MR) is 68.0 cm³/mol. The number of fused-ring (bicyclic) bond motifs is 1. The summed E-state index contributed by atoms with van der Waals surface area (Å²) >= 11 is 5.92. The van der Waals surface area contributed by atoms with Crippen molar-refractivity contribution in [2.24, 2.45) is 5.92 Å². The molecule has 0 spiro atoms. The van der Waals surface area contributed by atoms with Crippen LogP contribution in [0.2, 0.25) is 0 Å². The van der Waals surface area contributed by atoms with Gasteiger partial charge >= 0.3 is 0 Å². The van der Waals surface area contributed by atoms with Gasteiger partial charge in [0.15, 0.2) is 0 Å². The first-order valence-corrected chi connectivity index (χ1v) is 6.25. The van der Waals surface area contributed by atoms with Crippen LogP contribution in [0.3, 0.4) is 0 Å². The molecular weight excluding hydrogens is 218 g/mol. The molecule has 1 aliphatic rings. The second kappa shape index (κ2) is 3.74. The second-order valence-electron chi connectivity index (χ2n) is 4.63. The lowest BCUT2D eigenvalue weighted by Gasteiger charge is -2.06. The lowest BCUT2D eigenvalue weighted by Crippen LogP contribution is -1.92. The Morgan fingerprint density at radius 1 is 1.38 bits per heavy atom. The molecule has 2 heteroatoms. The summed E-state index contributed by atoms with van der Waals surface area (Å²) in [6.45, 7) is 2.06. The number of hydrogen-bond acceptors (Lipinski definition) is 1. The zero-order valence-electron chi connectivity index (χ0n) is 9.28. The Morgan fingerprint density at radius 3 is 2.94 bits per heavy atom. The Hall–Kier alpha value is -1.08. The minimum atomic E-state index is 0.657. The SMILES string of the molecule is Cc1cc(C2CC2CCl)c2ccccc2n1. The van der Waals surface area contributed by atoms with Crippen LogP contribution < -0.4 is 0 Å². The molecule has 1 fully saturated rings. The maximum atomic E-state index is 5.92. The van der Waals surface area contributed by atoms with Gasteiger partial charge in [-0.05, 0) is 42.9 Å². The normalized spacial score (nSPS) is 23.6. The van der Waals surface area contributed by atoms with Crippen LogP contribution in [0.4, 0.5) is 0 Å². The van der Waals surface area contributed by atoms with Gasteiger partial charge < -0.3 is 0 Å². The summed E-state index contributed by atoms with van der Waals surface area (Å²) in [5.41, 5.74) is 3.65. The summed E-state index contributed by atoms with van der Waals surface area (Å²) in [6, 6.07) is 10.6. The molecule has 3 rings (SSSR count). The first kappa shape index (κ1) is 10.1. The molecular formula is C14H14ClN. The molecule has 2 atom stereocenters. The van der Waals surface area contributed by atoms with E-state index in [0.717, 1.165) is 17.1 Å². The number of hydrogen-bond donors (Lipinski definition) is 0. The molecule has 1 saturated carbocycles. The summed E-state index contributed by atoms with van der Waals surface area (Å²) < 4.78 is 0. The summed E-state index contributed by atoms with van der Waals surface area (Å²) in [5, 5.41) is 1.30. The van der Waals surface area contributed by atoms with Crippen molar-refractivity contribution in [2.75, 3.05) is 5.88 Å². The Morgan fingerprint density at radius 2 is 2.19 bits per heavy atom. The van der Waals surface area contributed by atoms with Crippen LogP contribution in [0.25, 0.3) is 10.9 Å². The molecule has 0 bridgehead atoms. The van der Waals surface area contributed by atoms with Crippen LogP contribution >= 0.6 is 11.6 Å². The third-order valence-corrected chi connectivity index (χ3v) is 3.79. The van der Waals surface area contributed by atoms with Crippen LogP contribution in [0.5, 0.6) is 0 Å². The topological polar surface area (TPSA) is 12.9 Å². The van der Waals surface area contributed by atoms with Gasteiger partial charge in [0, 0.05) is 17.0 Å². The molecule has 1 heterocycles. The number of benzene rings is 1. The van der Waals surface area contributed by atoms with E-state index in [-0.39, 0.29) is 0 Å². The first-order valence-electron chi connectivity index (χ1n) is 5.72. The van der Waals surface area contributed by atoms with Gasteiger partial charge in [-0.25, -0.2) is 0 Å². The number of alkyl halides is 1. The van der Waals surface area contributed by atoms with E-state index < -0.39 is 0 Å². The summed E-state index contributed by atoms with van der Waals surface area (Å²) in [5.74, 6) is 2.11. The lowest BCUT2D eigenvalue weighted by atomic mass is 10.0. The molecule has 0 amide bonds. The maximum Gasteiger partial charge on any atom is 0.0708 e. The van der Waals surface area contributed by atoms with E-state index >= 15 is 0 Å². The zero-order chi connectivity index (χ0) is 11.1. The molecule has 1 aromatic heterocycles. The van der Waals surface area contributed by atoms with Crippen molar-refractivity contribution in [3.63, 3.8) is 0 Å². The molecule has 1 aromatic carbocycles. The fourth-order valence-electron chi connectivity index (χ4n) is 2.45. The highest BCUT2D eigenvalue weighted by Crippen LogP contribution is 2.49. The predicted octanol–water partition coefficient (Wildman–Crippen LogP) is 3.89. The lowest BCUT2D eigenvalue weighted by molar-refractivity contribution is 0.925. The fraction of sp³-hybridized carbons (Fsp3) is 0.357. The van der Waals surface area contributed by atoms with Crippen molar-refractivity contribution in [3.05, 3.63) is 41.6 Å². The highest BCUT2D eigenvalue weighted by molar-refractivity contribution is 6.18. The number of para-hydroxylation sites is 1. The Balaban J connectivity index is 2.16. The van der Waals surface area contributed by atoms with E-state index in [1.165, 1.54) is 17.4 Å². The van der Waals surface area contributed by atoms with Crippen LogP contribution in [0, 0.1) is 12.8 Å². The molecule has 2 aromatic rings. The van der Waals surface area contributed by atoms with Gasteiger partial charge in [-0.2, -0.15) is 0 Å². The molecule has 1 aliphatic carbocycles. The van der Waals surface area contributed by atoms with Gasteiger partial charge in [0.25, 0.3) is 0 Å². The average Bonchev–Trinajstić information content (AvgIpc) is 3.07. The smallest absolute Gasteiger partial charge is 0.0708 e. The average molecular weight is 232 g/mol. The van der Waals surface area contributed by atoms with Gasteiger partial charge in [-0.1, -0.05) is 18.2 Å². The van der Waals surface area contributed by atoms with Gasteiger partial charge in [-0.15, -0.1) is 11.6 Å². The van der Waals surface area contributed by atoms with E-state index in [9.17, 15) is 0 Å². The Kier molecular flexibility index (Phi) is 2.36. The van der Waals surface area contributed by atoms with Crippen molar-refractivity contribution >= 4 is 22.5 Å². The van der Waals surface area contributed by atoms with Crippen molar-refractivity contribution in [2.45, 2.75) is 19.3 Å². The molecule has 0 saturated heterocycles. The summed E-state index contributed by atoms with van der Waals surface area (Å²) in [4.78, 5) is 4.56. The molecule has 0 radical (unpaired) electrons. The van der Waals surface area contributed by atoms with Crippen molar-refractivity contribution in [1.29, 1.82) is 0 Å². The van der Waals surface area contributed by atoms with E-state index in [1.54, 1.807) is 0 Å². The number of aromatic nitrogens is 1. The van der Waals surface area contributed by atoms with Crippen LogP contribution in [-0.2, 0) is 0 Å². The molecule has 16 heavy (non-hydrogen) atoms. The molecule has 1 nitrogen and oxygen atoms in total. The number of pyridine rings is 1. The second-order valence-corrected chi connectivity index (χ2v) is 4.94. The van der Waals surface area contributed by atoms with Crippen LogP contribution in [0.15, 0.2) is 30.3 Å². The van der Waals surface area contributed by atoms with Crippen molar-refractivity contribution in [3.8, 4) is 0 Å². The number of nitrogens with zero attached hydrogens (tertiary/aromatic N) is 1. The van der Waals surface area contributed by atoms with E-state index in [4.69, 9.17) is 11.6 Å². The van der Waals surface area contributed by atoms with Gasteiger partial charge in [0.2, 0.25) is 0 Å². The van der Waals surface area contributed by atoms with Gasteiger partial charge in [0.05, 0.1) is 5.52 Å². The van der Waals surface area contributed by atoms with Gasteiger partial charge in [-0.3, -0.25) is 4.98 Å². The monoisotopic (exact) mass is 231 g/mol. The minimum absolute atomic E-state index is 0.657. The molecule has 82 valence electrons. The fourth-order valence-corrected chi connectivity index (χ4v) is 2.79. The number of halogens is 1. The van der Waals surface area contributed by atoms with E-state index in [2.05, 4.69) is 36.2 Å². The molecule has 0 N–H and O–H groups in total. The standard InChI is InChI=1S/C14H14ClN/c1-9-6-13(12-7-10(12)8-15)11-4-2-3-5-14(11)16-9/h2-6,10,12H,7-8H2,1H3. The van der Waals surface area contributed by atoms with Crippen LogP contribution in [-0.4, -0.2) is 10.9 Å².